The highest BCUT2D eigenvalue weighted by Crippen LogP contribution is 2.22. The molecule has 0 saturated carbocycles. The first-order chi connectivity index (χ1) is 12.6. The van der Waals surface area contributed by atoms with Crippen LogP contribution in [0.1, 0.15) is 47.6 Å². The second kappa shape index (κ2) is 8.48. The molecular weight excluding hydrogens is 334 g/mol. The molecule has 8 heteroatoms. The number of amides is 2. The molecule has 2 aromatic heterocycles. The molecule has 0 bridgehead atoms. The van der Waals surface area contributed by atoms with Gasteiger partial charge in [-0.15, -0.1) is 0 Å². The molecule has 0 unspecified atom stereocenters. The van der Waals surface area contributed by atoms with Gasteiger partial charge in [-0.2, -0.15) is 0 Å². The number of hydrogen-bond donors (Lipinski definition) is 2. The number of nitrogens with one attached hydrogen (secondary N) is 2. The lowest BCUT2D eigenvalue weighted by atomic mass is 10.0. The first kappa shape index (κ1) is 17.9. The minimum atomic E-state index is -0.264. The van der Waals surface area contributed by atoms with E-state index in [4.69, 9.17) is 4.74 Å². The van der Waals surface area contributed by atoms with Crippen LogP contribution >= 0.6 is 0 Å². The zero-order valence-corrected chi connectivity index (χ0v) is 14.6. The van der Waals surface area contributed by atoms with Gasteiger partial charge in [-0.05, 0) is 31.0 Å². The molecule has 0 aliphatic carbocycles. The zero-order chi connectivity index (χ0) is 18.4. The summed E-state index contributed by atoms with van der Waals surface area (Å²) in [7, 11) is 0. The summed E-state index contributed by atoms with van der Waals surface area (Å²) in [5.74, 6) is 0.801. The predicted octanol–water partition coefficient (Wildman–Crippen LogP) is 1.65. The largest absolute Gasteiger partial charge is 0.381 e. The smallest absolute Gasteiger partial charge is 0.251 e. The highest BCUT2D eigenvalue weighted by molar-refractivity contribution is 5.96. The molecule has 2 N–H and O–H groups in total. The number of carbonyl (C=O) groups excluding carboxylic acids is 2. The summed E-state index contributed by atoms with van der Waals surface area (Å²) in [4.78, 5) is 36.3. The highest BCUT2D eigenvalue weighted by Gasteiger charge is 2.19. The van der Waals surface area contributed by atoms with Gasteiger partial charge in [0.15, 0.2) is 0 Å². The molecule has 0 radical (unpaired) electrons. The highest BCUT2D eigenvalue weighted by atomic mass is 16.5. The maximum absolute atomic E-state index is 12.3. The lowest BCUT2D eigenvalue weighted by Gasteiger charge is -2.20. The molecule has 3 heterocycles. The SMILES string of the molecule is CC(=O)Nc1cc(C(=O)NCc2ccnc([C@H]3CCCOC3)n2)ccn1. The van der Waals surface area contributed by atoms with Crippen LogP contribution in [0.4, 0.5) is 5.82 Å². The number of nitrogens with zero attached hydrogens (tertiary/aromatic N) is 3. The summed E-state index contributed by atoms with van der Waals surface area (Å²) in [6.45, 7) is 3.11. The number of pyridine rings is 1. The molecule has 1 atom stereocenters. The Labute approximate surface area is 151 Å². The van der Waals surface area contributed by atoms with Crippen molar-refractivity contribution in [3.05, 3.63) is 47.7 Å². The third kappa shape index (κ3) is 4.82. The van der Waals surface area contributed by atoms with Crippen molar-refractivity contribution in [1.82, 2.24) is 20.3 Å². The molecule has 0 spiro atoms. The topological polar surface area (TPSA) is 106 Å². The van der Waals surface area contributed by atoms with Gasteiger partial charge in [-0.25, -0.2) is 15.0 Å². The van der Waals surface area contributed by atoms with Crippen molar-refractivity contribution in [2.75, 3.05) is 18.5 Å². The van der Waals surface area contributed by atoms with E-state index in [-0.39, 0.29) is 17.7 Å². The Morgan fingerprint density at radius 2 is 2.12 bits per heavy atom. The van der Waals surface area contributed by atoms with Crippen LogP contribution in [-0.4, -0.2) is 40.0 Å². The van der Waals surface area contributed by atoms with Crippen molar-refractivity contribution in [3.63, 3.8) is 0 Å². The Balaban J connectivity index is 1.61. The summed E-state index contributed by atoms with van der Waals surface area (Å²) < 4.78 is 5.49. The lowest BCUT2D eigenvalue weighted by molar-refractivity contribution is -0.114. The van der Waals surface area contributed by atoms with Crippen LogP contribution in [0.2, 0.25) is 0 Å². The standard InChI is InChI=1S/C18H21N5O3/c1-12(24)22-16-9-13(4-6-19-16)18(25)21-10-15-5-7-20-17(23-15)14-3-2-8-26-11-14/h4-7,9,14H,2-3,8,10-11H2,1H3,(H,21,25)(H,19,22,24)/t14-/m0/s1. The number of aromatic nitrogens is 3. The molecule has 1 fully saturated rings. The van der Waals surface area contributed by atoms with Gasteiger partial charge < -0.3 is 15.4 Å². The minimum absolute atomic E-state index is 0.208. The van der Waals surface area contributed by atoms with Gasteiger partial charge in [0.1, 0.15) is 11.6 Å². The third-order valence-corrected chi connectivity index (χ3v) is 4.01. The van der Waals surface area contributed by atoms with Crippen LogP contribution in [0.25, 0.3) is 0 Å². The number of carbonyl (C=O) groups is 2. The van der Waals surface area contributed by atoms with E-state index in [0.717, 1.165) is 31.0 Å². The van der Waals surface area contributed by atoms with Crippen molar-refractivity contribution in [2.45, 2.75) is 32.2 Å². The van der Waals surface area contributed by atoms with E-state index < -0.39 is 0 Å². The van der Waals surface area contributed by atoms with Gasteiger partial charge in [0.25, 0.3) is 5.91 Å². The first-order valence-corrected chi connectivity index (χ1v) is 8.53. The van der Waals surface area contributed by atoms with Crippen LogP contribution in [0, 0.1) is 0 Å². The van der Waals surface area contributed by atoms with E-state index in [0.29, 0.717) is 24.5 Å². The molecular formula is C18H21N5O3. The van der Waals surface area contributed by atoms with E-state index in [9.17, 15) is 9.59 Å². The van der Waals surface area contributed by atoms with Crippen molar-refractivity contribution in [3.8, 4) is 0 Å². The van der Waals surface area contributed by atoms with Gasteiger partial charge in [0.2, 0.25) is 5.91 Å². The Morgan fingerprint density at radius 1 is 1.27 bits per heavy atom. The fourth-order valence-corrected chi connectivity index (χ4v) is 2.75. The molecule has 1 aliphatic heterocycles. The van der Waals surface area contributed by atoms with Crippen molar-refractivity contribution in [2.24, 2.45) is 0 Å². The zero-order valence-electron chi connectivity index (χ0n) is 14.6. The molecule has 0 aromatic carbocycles. The van der Waals surface area contributed by atoms with Crippen LogP contribution < -0.4 is 10.6 Å². The fraction of sp³-hybridized carbons (Fsp3) is 0.389. The van der Waals surface area contributed by atoms with E-state index in [1.807, 2.05) is 0 Å². The molecule has 26 heavy (non-hydrogen) atoms. The van der Waals surface area contributed by atoms with Crippen molar-refractivity contribution in [1.29, 1.82) is 0 Å². The van der Waals surface area contributed by atoms with Crippen LogP contribution in [-0.2, 0) is 16.1 Å². The molecule has 1 aliphatic rings. The Morgan fingerprint density at radius 3 is 2.88 bits per heavy atom. The summed E-state index contributed by atoms with van der Waals surface area (Å²) in [5.41, 5.74) is 1.16. The third-order valence-electron chi connectivity index (χ3n) is 4.01. The number of rotatable bonds is 5. The van der Waals surface area contributed by atoms with Crippen LogP contribution in [0.3, 0.4) is 0 Å². The summed E-state index contributed by atoms with van der Waals surface area (Å²) >= 11 is 0. The van der Waals surface area contributed by atoms with E-state index in [2.05, 4.69) is 25.6 Å². The number of ether oxygens (including phenoxy) is 1. The quantitative estimate of drug-likeness (QED) is 0.845. The molecule has 8 nitrogen and oxygen atoms in total. The minimum Gasteiger partial charge on any atom is -0.381 e. The van der Waals surface area contributed by atoms with E-state index in [1.165, 1.54) is 19.2 Å². The molecule has 2 amide bonds. The lowest BCUT2D eigenvalue weighted by Crippen LogP contribution is -2.24. The summed E-state index contributed by atoms with van der Waals surface area (Å²) in [6, 6.07) is 4.90. The Kier molecular flexibility index (Phi) is 5.85. The molecule has 1 saturated heterocycles. The average molecular weight is 355 g/mol. The van der Waals surface area contributed by atoms with Crippen molar-refractivity contribution >= 4 is 17.6 Å². The van der Waals surface area contributed by atoms with Crippen LogP contribution in [0.15, 0.2) is 30.6 Å². The second-order valence-electron chi connectivity index (χ2n) is 6.11. The van der Waals surface area contributed by atoms with Gasteiger partial charge in [0.05, 0.1) is 18.8 Å². The van der Waals surface area contributed by atoms with Gasteiger partial charge in [0, 0.05) is 37.4 Å². The van der Waals surface area contributed by atoms with Gasteiger partial charge >= 0.3 is 0 Å². The maximum atomic E-state index is 12.3. The monoisotopic (exact) mass is 355 g/mol. The van der Waals surface area contributed by atoms with E-state index in [1.54, 1.807) is 18.3 Å². The molecule has 3 rings (SSSR count). The molecule has 2 aromatic rings. The number of hydrogen-bond acceptors (Lipinski definition) is 6. The number of anilines is 1. The van der Waals surface area contributed by atoms with E-state index >= 15 is 0 Å². The normalized spacial score (nSPS) is 16.7. The summed E-state index contributed by atoms with van der Waals surface area (Å²) in [6.07, 6.45) is 5.21. The predicted molar refractivity (Wildman–Crippen MR) is 94.5 cm³/mol. The molecule has 136 valence electrons. The maximum Gasteiger partial charge on any atom is 0.251 e. The van der Waals surface area contributed by atoms with Gasteiger partial charge in [-0.3, -0.25) is 9.59 Å². The van der Waals surface area contributed by atoms with Crippen molar-refractivity contribution < 1.29 is 14.3 Å². The summed E-state index contributed by atoms with van der Waals surface area (Å²) in [5, 5.41) is 5.38. The van der Waals surface area contributed by atoms with Gasteiger partial charge in [-0.1, -0.05) is 0 Å². The van der Waals surface area contributed by atoms with Crippen LogP contribution in [0.5, 0.6) is 0 Å². The first-order valence-electron chi connectivity index (χ1n) is 8.53. The average Bonchev–Trinajstić information content (AvgIpc) is 2.67. The Bertz CT molecular complexity index is 790. The second-order valence-corrected chi connectivity index (χ2v) is 6.11. The fourth-order valence-electron chi connectivity index (χ4n) is 2.75. The Hall–Kier alpha value is -2.87.